The lowest BCUT2D eigenvalue weighted by atomic mass is 9.87. The summed E-state index contributed by atoms with van der Waals surface area (Å²) in [5.41, 5.74) is 3.17. The van der Waals surface area contributed by atoms with Gasteiger partial charge in [-0.15, -0.1) is 0 Å². The Bertz CT molecular complexity index is 354. The van der Waals surface area contributed by atoms with Crippen LogP contribution in [-0.2, 0) is 12.8 Å². The molecule has 15 heavy (non-hydrogen) atoms. The zero-order valence-corrected chi connectivity index (χ0v) is 9.45. The van der Waals surface area contributed by atoms with Gasteiger partial charge in [-0.3, -0.25) is 0 Å². The van der Waals surface area contributed by atoms with Gasteiger partial charge in [0.05, 0.1) is 0 Å². The van der Waals surface area contributed by atoms with Crippen LogP contribution in [0.2, 0.25) is 0 Å². The summed E-state index contributed by atoms with van der Waals surface area (Å²) in [4.78, 5) is 2.62. The second-order valence-electron chi connectivity index (χ2n) is 5.06. The summed E-state index contributed by atoms with van der Waals surface area (Å²) < 4.78 is 0. The van der Waals surface area contributed by atoms with Crippen LogP contribution in [0.5, 0.6) is 0 Å². The van der Waals surface area contributed by atoms with Crippen molar-refractivity contribution in [3.8, 4) is 0 Å². The first kappa shape index (κ1) is 9.41. The third kappa shape index (κ3) is 1.81. The first-order chi connectivity index (χ1) is 7.34. The van der Waals surface area contributed by atoms with Crippen molar-refractivity contribution in [2.24, 2.45) is 0 Å². The highest BCUT2D eigenvalue weighted by molar-refractivity contribution is 5.30. The van der Waals surface area contributed by atoms with Crippen molar-refractivity contribution in [1.29, 1.82) is 0 Å². The molecular formula is C14H19N. The third-order valence-corrected chi connectivity index (χ3v) is 4.02. The first-order valence-electron chi connectivity index (χ1n) is 6.13. The molecule has 1 nitrogen and oxygen atoms in total. The minimum atomic E-state index is 0.799. The average Bonchev–Trinajstić information content (AvgIpc) is 3.11. The van der Waals surface area contributed by atoms with Gasteiger partial charge in [-0.2, -0.15) is 0 Å². The van der Waals surface area contributed by atoms with Crippen LogP contribution in [0.4, 0.5) is 0 Å². The van der Waals surface area contributed by atoms with E-state index in [0.717, 1.165) is 12.1 Å². The van der Waals surface area contributed by atoms with Crippen LogP contribution >= 0.6 is 0 Å². The van der Waals surface area contributed by atoms with Crippen molar-refractivity contribution in [3.63, 3.8) is 0 Å². The molecule has 1 aromatic carbocycles. The van der Waals surface area contributed by atoms with Gasteiger partial charge in [0.15, 0.2) is 0 Å². The van der Waals surface area contributed by atoms with Crippen molar-refractivity contribution in [2.75, 3.05) is 7.05 Å². The minimum absolute atomic E-state index is 0.799. The Kier molecular flexibility index (Phi) is 2.28. The van der Waals surface area contributed by atoms with Gasteiger partial charge in [0, 0.05) is 12.1 Å². The van der Waals surface area contributed by atoms with E-state index < -0.39 is 0 Å². The highest BCUT2D eigenvalue weighted by atomic mass is 15.2. The van der Waals surface area contributed by atoms with E-state index in [1.54, 1.807) is 11.1 Å². The summed E-state index contributed by atoms with van der Waals surface area (Å²) in [5, 5.41) is 0. The van der Waals surface area contributed by atoms with Crippen molar-refractivity contribution < 1.29 is 0 Å². The van der Waals surface area contributed by atoms with E-state index in [1.807, 2.05) is 0 Å². The zero-order chi connectivity index (χ0) is 10.3. The quantitative estimate of drug-likeness (QED) is 0.711. The molecule has 0 unspecified atom stereocenters. The molecule has 0 aromatic heterocycles. The normalized spacial score (nSPS) is 25.3. The fraction of sp³-hybridized carbons (Fsp3) is 0.571. The molecule has 2 aliphatic rings. The topological polar surface area (TPSA) is 3.24 Å². The van der Waals surface area contributed by atoms with E-state index in [0.29, 0.717) is 0 Å². The van der Waals surface area contributed by atoms with E-state index in [9.17, 15) is 0 Å². The molecule has 0 N–H and O–H groups in total. The molecule has 0 radical (unpaired) electrons. The Balaban J connectivity index is 1.76. The second kappa shape index (κ2) is 3.64. The fourth-order valence-electron chi connectivity index (χ4n) is 2.81. The van der Waals surface area contributed by atoms with Gasteiger partial charge in [0.25, 0.3) is 0 Å². The number of hydrogen-bond acceptors (Lipinski definition) is 1. The maximum Gasteiger partial charge on any atom is 0.0139 e. The van der Waals surface area contributed by atoms with Crippen LogP contribution in [-0.4, -0.2) is 24.0 Å². The monoisotopic (exact) mass is 201 g/mol. The lowest BCUT2D eigenvalue weighted by Crippen LogP contribution is -2.37. The highest BCUT2D eigenvalue weighted by Gasteiger charge is 2.32. The van der Waals surface area contributed by atoms with Crippen LogP contribution in [0.3, 0.4) is 0 Å². The molecule has 1 heteroatoms. The van der Waals surface area contributed by atoms with Crippen LogP contribution in [0, 0.1) is 0 Å². The molecule has 2 aliphatic carbocycles. The Morgan fingerprint density at radius 3 is 2.47 bits per heavy atom. The number of hydrogen-bond donors (Lipinski definition) is 0. The smallest absolute Gasteiger partial charge is 0.0139 e. The van der Waals surface area contributed by atoms with E-state index >= 15 is 0 Å². The number of fused-ring (bicyclic) bond motifs is 1. The molecule has 1 fully saturated rings. The molecule has 0 bridgehead atoms. The zero-order valence-electron chi connectivity index (χ0n) is 9.45. The molecule has 1 aromatic rings. The molecule has 3 rings (SSSR count). The molecule has 0 aliphatic heterocycles. The van der Waals surface area contributed by atoms with Crippen molar-refractivity contribution in [3.05, 3.63) is 35.4 Å². The van der Waals surface area contributed by atoms with Gasteiger partial charge in [-0.05, 0) is 50.3 Å². The van der Waals surface area contributed by atoms with Crippen LogP contribution in [0.25, 0.3) is 0 Å². The number of likely N-dealkylation sites (N-methyl/N-ethyl adjacent to an activating group) is 1. The standard InChI is InChI=1S/C14H19N/c1-15(13-8-9-13)14-7-6-11-4-2-3-5-12(11)10-14/h2-5,13-14H,6-10H2,1H3/t14-/m1/s1. The Hall–Kier alpha value is -0.820. The van der Waals surface area contributed by atoms with Crippen molar-refractivity contribution in [2.45, 2.75) is 44.2 Å². The van der Waals surface area contributed by atoms with Gasteiger partial charge in [0.1, 0.15) is 0 Å². The Labute approximate surface area is 92.1 Å². The van der Waals surface area contributed by atoms with Crippen LogP contribution < -0.4 is 0 Å². The number of benzene rings is 1. The van der Waals surface area contributed by atoms with E-state index in [-0.39, 0.29) is 0 Å². The number of nitrogens with zero attached hydrogens (tertiary/aromatic N) is 1. The summed E-state index contributed by atoms with van der Waals surface area (Å²) >= 11 is 0. The minimum Gasteiger partial charge on any atom is -0.300 e. The van der Waals surface area contributed by atoms with E-state index in [1.165, 1.54) is 32.1 Å². The Morgan fingerprint density at radius 1 is 1.00 bits per heavy atom. The van der Waals surface area contributed by atoms with Crippen LogP contribution in [0.1, 0.15) is 30.4 Å². The summed E-state index contributed by atoms with van der Waals surface area (Å²) in [7, 11) is 2.32. The maximum atomic E-state index is 2.62. The summed E-state index contributed by atoms with van der Waals surface area (Å²) in [6.07, 6.45) is 6.74. The largest absolute Gasteiger partial charge is 0.300 e. The van der Waals surface area contributed by atoms with Crippen LogP contribution in [0.15, 0.2) is 24.3 Å². The molecule has 0 spiro atoms. The summed E-state index contributed by atoms with van der Waals surface area (Å²) in [6, 6.07) is 10.7. The molecular weight excluding hydrogens is 182 g/mol. The summed E-state index contributed by atoms with van der Waals surface area (Å²) in [6.45, 7) is 0. The molecule has 0 amide bonds. The Morgan fingerprint density at radius 2 is 1.73 bits per heavy atom. The average molecular weight is 201 g/mol. The van der Waals surface area contributed by atoms with Gasteiger partial charge in [-0.1, -0.05) is 24.3 Å². The number of aryl methyl sites for hydroxylation is 1. The van der Waals surface area contributed by atoms with Gasteiger partial charge < -0.3 is 4.90 Å². The lowest BCUT2D eigenvalue weighted by molar-refractivity contribution is 0.212. The predicted octanol–water partition coefficient (Wildman–Crippen LogP) is 2.64. The van der Waals surface area contributed by atoms with E-state index in [2.05, 4.69) is 36.2 Å². The molecule has 1 saturated carbocycles. The van der Waals surface area contributed by atoms with E-state index in [4.69, 9.17) is 0 Å². The summed E-state index contributed by atoms with van der Waals surface area (Å²) in [5.74, 6) is 0. The molecule has 80 valence electrons. The van der Waals surface area contributed by atoms with Gasteiger partial charge >= 0.3 is 0 Å². The third-order valence-electron chi connectivity index (χ3n) is 4.02. The van der Waals surface area contributed by atoms with Gasteiger partial charge in [0.2, 0.25) is 0 Å². The molecule has 1 atom stereocenters. The SMILES string of the molecule is CN(C1CC1)[C@@H]1CCc2ccccc2C1. The maximum absolute atomic E-state index is 2.62. The molecule has 0 saturated heterocycles. The van der Waals surface area contributed by atoms with Crippen molar-refractivity contribution in [1.82, 2.24) is 4.90 Å². The molecule has 0 heterocycles. The lowest BCUT2D eigenvalue weighted by Gasteiger charge is -2.32. The number of rotatable bonds is 2. The predicted molar refractivity (Wildman–Crippen MR) is 63.0 cm³/mol. The van der Waals surface area contributed by atoms with Crippen molar-refractivity contribution >= 4 is 0 Å². The van der Waals surface area contributed by atoms with Gasteiger partial charge in [-0.25, -0.2) is 0 Å². The highest BCUT2D eigenvalue weighted by Crippen LogP contribution is 2.32. The second-order valence-corrected chi connectivity index (χ2v) is 5.06. The first-order valence-corrected chi connectivity index (χ1v) is 6.13. The fourth-order valence-corrected chi connectivity index (χ4v) is 2.81.